The standard InChI is InChI=1S/C16H23F3N2O2/c1-5-11(10-20-14(22)23-15(2,3)4)9-12-7-6-8-13(21-12)16(17,18)19/h6-8,11H,5,9-10H2,1-4H3,(H,20,22). The summed E-state index contributed by atoms with van der Waals surface area (Å²) in [6.45, 7) is 7.52. The monoisotopic (exact) mass is 332 g/mol. The maximum atomic E-state index is 12.7. The first kappa shape index (κ1) is 19.3. The van der Waals surface area contributed by atoms with E-state index in [9.17, 15) is 18.0 Å². The van der Waals surface area contributed by atoms with E-state index in [0.717, 1.165) is 6.07 Å². The summed E-state index contributed by atoms with van der Waals surface area (Å²) in [4.78, 5) is 15.3. The van der Waals surface area contributed by atoms with E-state index >= 15 is 0 Å². The van der Waals surface area contributed by atoms with E-state index in [2.05, 4.69) is 10.3 Å². The Morgan fingerprint density at radius 3 is 2.48 bits per heavy atom. The third-order valence-corrected chi connectivity index (χ3v) is 3.11. The van der Waals surface area contributed by atoms with Gasteiger partial charge in [-0.1, -0.05) is 19.4 Å². The average molecular weight is 332 g/mol. The smallest absolute Gasteiger partial charge is 0.433 e. The molecule has 1 heterocycles. The number of alkyl carbamates (subject to hydrolysis) is 1. The Kier molecular flexibility index (Phi) is 6.41. The lowest BCUT2D eigenvalue weighted by molar-refractivity contribution is -0.141. The van der Waals surface area contributed by atoms with Gasteiger partial charge in [0.1, 0.15) is 11.3 Å². The fourth-order valence-electron chi connectivity index (χ4n) is 1.95. The number of nitrogens with zero attached hydrogens (tertiary/aromatic N) is 1. The van der Waals surface area contributed by atoms with Gasteiger partial charge in [-0.2, -0.15) is 13.2 Å². The molecular formula is C16H23F3N2O2. The zero-order valence-corrected chi connectivity index (χ0v) is 13.8. The van der Waals surface area contributed by atoms with Gasteiger partial charge in [0.2, 0.25) is 0 Å². The number of halogens is 3. The van der Waals surface area contributed by atoms with Gasteiger partial charge in [-0.15, -0.1) is 0 Å². The highest BCUT2D eigenvalue weighted by Crippen LogP contribution is 2.27. The Hall–Kier alpha value is -1.79. The van der Waals surface area contributed by atoms with E-state index in [1.165, 1.54) is 6.07 Å². The largest absolute Gasteiger partial charge is 0.444 e. The first-order valence-electron chi connectivity index (χ1n) is 7.51. The fourth-order valence-corrected chi connectivity index (χ4v) is 1.95. The topological polar surface area (TPSA) is 51.2 Å². The van der Waals surface area contributed by atoms with Crippen molar-refractivity contribution < 1.29 is 22.7 Å². The Bertz CT molecular complexity index is 525. The van der Waals surface area contributed by atoms with Crippen LogP contribution in [-0.4, -0.2) is 23.2 Å². The van der Waals surface area contributed by atoms with E-state index < -0.39 is 23.6 Å². The van der Waals surface area contributed by atoms with Crippen LogP contribution >= 0.6 is 0 Å². The van der Waals surface area contributed by atoms with E-state index in [4.69, 9.17) is 4.74 Å². The second kappa shape index (κ2) is 7.66. The molecule has 0 aliphatic carbocycles. The number of pyridine rings is 1. The molecule has 0 spiro atoms. The number of aromatic nitrogens is 1. The van der Waals surface area contributed by atoms with Crippen LogP contribution in [0.5, 0.6) is 0 Å². The summed E-state index contributed by atoms with van der Waals surface area (Å²) >= 11 is 0. The molecular weight excluding hydrogens is 309 g/mol. The number of carbonyl (C=O) groups excluding carboxylic acids is 1. The van der Waals surface area contributed by atoms with Crippen LogP contribution in [-0.2, 0) is 17.3 Å². The number of alkyl halides is 3. The van der Waals surface area contributed by atoms with Crippen molar-refractivity contribution in [1.82, 2.24) is 10.3 Å². The highest BCUT2D eigenvalue weighted by Gasteiger charge is 2.32. The molecule has 23 heavy (non-hydrogen) atoms. The molecule has 0 saturated heterocycles. The van der Waals surface area contributed by atoms with E-state index in [1.807, 2.05) is 6.92 Å². The molecule has 0 aliphatic heterocycles. The molecule has 0 radical (unpaired) electrons. The Morgan fingerprint density at radius 1 is 1.30 bits per heavy atom. The summed E-state index contributed by atoms with van der Waals surface area (Å²) in [5, 5.41) is 2.64. The molecule has 1 unspecified atom stereocenters. The van der Waals surface area contributed by atoms with Crippen molar-refractivity contribution in [2.75, 3.05) is 6.54 Å². The predicted octanol–water partition coefficient (Wildman–Crippen LogP) is 4.19. The van der Waals surface area contributed by atoms with Crippen molar-refractivity contribution in [3.63, 3.8) is 0 Å². The molecule has 0 fully saturated rings. The lowest BCUT2D eigenvalue weighted by Gasteiger charge is -2.21. The van der Waals surface area contributed by atoms with Gasteiger partial charge in [-0.3, -0.25) is 0 Å². The molecule has 1 amide bonds. The number of amides is 1. The van der Waals surface area contributed by atoms with Crippen LogP contribution in [0, 0.1) is 5.92 Å². The second-order valence-corrected chi connectivity index (χ2v) is 6.37. The van der Waals surface area contributed by atoms with Gasteiger partial charge in [-0.05, 0) is 45.2 Å². The van der Waals surface area contributed by atoms with Crippen LogP contribution < -0.4 is 5.32 Å². The summed E-state index contributed by atoms with van der Waals surface area (Å²) < 4.78 is 43.1. The van der Waals surface area contributed by atoms with Gasteiger partial charge in [-0.25, -0.2) is 9.78 Å². The highest BCUT2D eigenvalue weighted by atomic mass is 19.4. The summed E-state index contributed by atoms with van der Waals surface area (Å²) in [6, 6.07) is 3.86. The SMILES string of the molecule is CCC(CNC(=O)OC(C)(C)C)Cc1cccc(C(F)(F)F)n1. The minimum atomic E-state index is -4.45. The average Bonchev–Trinajstić information content (AvgIpc) is 2.41. The number of carbonyl (C=O) groups is 1. The molecule has 130 valence electrons. The lowest BCUT2D eigenvalue weighted by Crippen LogP contribution is -2.35. The van der Waals surface area contributed by atoms with Gasteiger partial charge in [0.25, 0.3) is 0 Å². The minimum absolute atomic E-state index is 0.0153. The molecule has 1 aromatic heterocycles. The Morgan fingerprint density at radius 2 is 1.96 bits per heavy atom. The first-order chi connectivity index (χ1) is 10.5. The summed E-state index contributed by atoms with van der Waals surface area (Å²) in [5.74, 6) is -0.0153. The molecule has 1 atom stereocenters. The molecule has 0 aromatic carbocycles. The number of hydrogen-bond acceptors (Lipinski definition) is 3. The normalized spacial score (nSPS) is 13.5. The second-order valence-electron chi connectivity index (χ2n) is 6.37. The molecule has 0 bridgehead atoms. The third kappa shape index (κ3) is 7.34. The number of hydrogen-bond donors (Lipinski definition) is 1. The Labute approximate surface area is 134 Å². The molecule has 1 rings (SSSR count). The van der Waals surface area contributed by atoms with Gasteiger partial charge < -0.3 is 10.1 Å². The van der Waals surface area contributed by atoms with Crippen LogP contribution in [0.1, 0.15) is 45.5 Å². The minimum Gasteiger partial charge on any atom is -0.444 e. The van der Waals surface area contributed by atoms with Crippen LogP contribution in [0.2, 0.25) is 0 Å². The molecule has 0 saturated carbocycles. The van der Waals surface area contributed by atoms with E-state index in [-0.39, 0.29) is 5.92 Å². The van der Waals surface area contributed by atoms with Gasteiger partial charge >= 0.3 is 12.3 Å². The van der Waals surface area contributed by atoms with Crippen molar-refractivity contribution in [3.05, 3.63) is 29.6 Å². The zero-order chi connectivity index (χ0) is 17.7. The van der Waals surface area contributed by atoms with E-state index in [0.29, 0.717) is 25.1 Å². The van der Waals surface area contributed by atoms with E-state index in [1.54, 1.807) is 26.8 Å². The van der Waals surface area contributed by atoms with Crippen LogP contribution in [0.25, 0.3) is 0 Å². The van der Waals surface area contributed by atoms with Gasteiger partial charge in [0.05, 0.1) is 0 Å². The van der Waals surface area contributed by atoms with Gasteiger partial charge in [0, 0.05) is 12.2 Å². The maximum Gasteiger partial charge on any atom is 0.433 e. The molecule has 1 N–H and O–H groups in total. The van der Waals surface area contributed by atoms with Crippen molar-refractivity contribution in [3.8, 4) is 0 Å². The first-order valence-corrected chi connectivity index (χ1v) is 7.51. The van der Waals surface area contributed by atoms with Crippen LogP contribution in [0.3, 0.4) is 0 Å². The molecule has 4 nitrogen and oxygen atoms in total. The van der Waals surface area contributed by atoms with Crippen molar-refractivity contribution in [2.24, 2.45) is 5.92 Å². The molecule has 7 heteroatoms. The zero-order valence-electron chi connectivity index (χ0n) is 13.8. The van der Waals surface area contributed by atoms with Gasteiger partial charge in [0.15, 0.2) is 0 Å². The predicted molar refractivity (Wildman–Crippen MR) is 81.0 cm³/mol. The van der Waals surface area contributed by atoms with Crippen LogP contribution in [0.4, 0.5) is 18.0 Å². The maximum absolute atomic E-state index is 12.7. The summed E-state index contributed by atoms with van der Waals surface area (Å²) in [5.41, 5.74) is -1.13. The number of rotatable bonds is 5. The van der Waals surface area contributed by atoms with Crippen molar-refractivity contribution in [2.45, 2.75) is 52.3 Å². The van der Waals surface area contributed by atoms with Crippen LogP contribution in [0.15, 0.2) is 18.2 Å². The number of nitrogens with one attached hydrogen (secondary N) is 1. The summed E-state index contributed by atoms with van der Waals surface area (Å²) in [6.07, 6.45) is -3.93. The Balaban J connectivity index is 2.62. The third-order valence-electron chi connectivity index (χ3n) is 3.11. The molecule has 0 aliphatic rings. The molecule has 1 aromatic rings. The summed E-state index contributed by atoms with van der Waals surface area (Å²) in [7, 11) is 0. The van der Waals surface area contributed by atoms with Crippen molar-refractivity contribution in [1.29, 1.82) is 0 Å². The highest BCUT2D eigenvalue weighted by molar-refractivity contribution is 5.67. The number of ether oxygens (including phenoxy) is 1. The quantitative estimate of drug-likeness (QED) is 0.879. The lowest BCUT2D eigenvalue weighted by atomic mass is 10.00. The fraction of sp³-hybridized carbons (Fsp3) is 0.625. The van der Waals surface area contributed by atoms with Crippen molar-refractivity contribution >= 4 is 6.09 Å².